The van der Waals surface area contributed by atoms with Gasteiger partial charge in [-0.1, -0.05) is 12.1 Å². The summed E-state index contributed by atoms with van der Waals surface area (Å²) in [6, 6.07) is 5.65. The fourth-order valence-electron chi connectivity index (χ4n) is 4.19. The zero-order valence-electron chi connectivity index (χ0n) is 16.1. The number of nitrogens with zero attached hydrogens (tertiary/aromatic N) is 2. The van der Waals surface area contributed by atoms with Crippen LogP contribution in [-0.2, 0) is 4.74 Å². The number of methoxy groups -OCH3 is 2. The fraction of sp³-hybridized carbons (Fsp3) is 0.600. The summed E-state index contributed by atoms with van der Waals surface area (Å²) in [5.41, 5.74) is 2.17. The average molecular weight is 376 g/mol. The molecular weight excluding hydrogens is 348 g/mol. The second kappa shape index (κ2) is 9.08. The zero-order valence-corrected chi connectivity index (χ0v) is 16.1. The quantitative estimate of drug-likeness (QED) is 0.538. The van der Waals surface area contributed by atoms with Crippen LogP contribution >= 0.6 is 0 Å². The molecule has 0 aromatic heterocycles. The van der Waals surface area contributed by atoms with E-state index in [4.69, 9.17) is 14.2 Å². The third-order valence-corrected chi connectivity index (χ3v) is 5.50. The minimum absolute atomic E-state index is 0.0954. The van der Waals surface area contributed by atoms with E-state index >= 15 is 0 Å². The van der Waals surface area contributed by atoms with Gasteiger partial charge in [0.25, 0.3) is 0 Å². The molecule has 0 bridgehead atoms. The molecule has 2 aliphatic rings. The Kier molecular flexibility index (Phi) is 6.55. The van der Waals surface area contributed by atoms with Crippen LogP contribution in [0, 0.1) is 16.0 Å². The largest absolute Gasteiger partial charge is 0.493 e. The first-order chi connectivity index (χ1) is 13.1. The van der Waals surface area contributed by atoms with Crippen molar-refractivity contribution in [2.24, 2.45) is 5.92 Å². The molecule has 1 aromatic rings. The predicted octanol–water partition coefficient (Wildman–Crippen LogP) is 3.08. The van der Waals surface area contributed by atoms with Gasteiger partial charge in [-0.15, -0.1) is 0 Å². The van der Waals surface area contributed by atoms with Crippen molar-refractivity contribution in [2.75, 3.05) is 47.1 Å². The maximum atomic E-state index is 11.5. The van der Waals surface area contributed by atoms with Gasteiger partial charge in [0, 0.05) is 29.6 Å². The zero-order chi connectivity index (χ0) is 19.2. The van der Waals surface area contributed by atoms with Gasteiger partial charge in [0.1, 0.15) is 0 Å². The van der Waals surface area contributed by atoms with Gasteiger partial charge in [0.05, 0.1) is 33.4 Å². The Hall–Kier alpha value is -2.28. The van der Waals surface area contributed by atoms with Crippen LogP contribution in [0.3, 0.4) is 0 Å². The van der Waals surface area contributed by atoms with Crippen molar-refractivity contribution >= 4 is 0 Å². The molecule has 0 radical (unpaired) electrons. The van der Waals surface area contributed by atoms with E-state index in [2.05, 4.69) is 11.0 Å². The van der Waals surface area contributed by atoms with E-state index in [1.54, 1.807) is 14.2 Å². The summed E-state index contributed by atoms with van der Waals surface area (Å²) in [6.07, 6.45) is 5.31. The number of morpholine rings is 1. The van der Waals surface area contributed by atoms with Crippen LogP contribution in [0.1, 0.15) is 30.7 Å². The number of hydrogen-bond donors (Lipinski definition) is 0. The summed E-state index contributed by atoms with van der Waals surface area (Å²) < 4.78 is 16.2. The maximum absolute atomic E-state index is 11.5. The molecule has 2 atom stereocenters. The van der Waals surface area contributed by atoms with Crippen LogP contribution in [0.25, 0.3) is 0 Å². The molecule has 1 aromatic carbocycles. The second-order valence-corrected chi connectivity index (χ2v) is 7.00. The lowest BCUT2D eigenvalue weighted by molar-refractivity contribution is -0.484. The second-order valence-electron chi connectivity index (χ2n) is 7.00. The maximum Gasteiger partial charge on any atom is 0.211 e. The van der Waals surface area contributed by atoms with Crippen LogP contribution in [0.5, 0.6) is 11.5 Å². The number of hydrogen-bond acceptors (Lipinski definition) is 6. The highest BCUT2D eigenvalue weighted by molar-refractivity contribution is 5.44. The van der Waals surface area contributed by atoms with E-state index in [1.807, 2.05) is 18.2 Å². The molecule has 0 N–H and O–H groups in total. The summed E-state index contributed by atoms with van der Waals surface area (Å²) in [7, 11) is 3.18. The normalized spacial score (nSPS) is 21.3. The molecule has 0 saturated carbocycles. The molecule has 1 fully saturated rings. The summed E-state index contributed by atoms with van der Waals surface area (Å²) in [4.78, 5) is 13.6. The van der Waals surface area contributed by atoms with E-state index in [9.17, 15) is 10.1 Å². The van der Waals surface area contributed by atoms with E-state index in [0.717, 1.165) is 37.9 Å². The molecule has 1 heterocycles. The van der Waals surface area contributed by atoms with Crippen LogP contribution in [0.15, 0.2) is 30.0 Å². The predicted molar refractivity (Wildman–Crippen MR) is 102 cm³/mol. The minimum atomic E-state index is -0.201. The highest BCUT2D eigenvalue weighted by Crippen LogP contribution is 2.41. The molecule has 7 nitrogen and oxygen atoms in total. The molecule has 3 rings (SSSR count). The third kappa shape index (κ3) is 4.53. The first kappa shape index (κ1) is 19.5. The van der Waals surface area contributed by atoms with Crippen molar-refractivity contribution in [1.82, 2.24) is 4.90 Å². The Morgan fingerprint density at radius 3 is 2.67 bits per heavy atom. The molecule has 0 spiro atoms. The van der Waals surface area contributed by atoms with Crippen molar-refractivity contribution < 1.29 is 19.1 Å². The van der Waals surface area contributed by atoms with Gasteiger partial charge in [-0.3, -0.25) is 10.1 Å². The lowest BCUT2D eigenvalue weighted by Crippen LogP contribution is -2.40. The Balaban J connectivity index is 1.94. The topological polar surface area (TPSA) is 74.1 Å². The molecule has 0 amide bonds. The van der Waals surface area contributed by atoms with E-state index < -0.39 is 0 Å². The number of allylic oxidation sites excluding steroid dienone is 2. The van der Waals surface area contributed by atoms with Crippen molar-refractivity contribution in [2.45, 2.75) is 25.2 Å². The van der Waals surface area contributed by atoms with E-state index in [1.165, 1.54) is 5.70 Å². The Bertz CT molecular complexity index is 685. The molecule has 148 valence electrons. The van der Waals surface area contributed by atoms with Crippen LogP contribution in [0.2, 0.25) is 0 Å². The monoisotopic (exact) mass is 376 g/mol. The Morgan fingerprint density at radius 1 is 1.26 bits per heavy atom. The van der Waals surface area contributed by atoms with E-state index in [0.29, 0.717) is 24.7 Å². The molecule has 0 unspecified atom stereocenters. The molecular formula is C20H28N2O5. The lowest BCUT2D eigenvalue weighted by Gasteiger charge is -2.39. The molecule has 7 heteroatoms. The first-order valence-corrected chi connectivity index (χ1v) is 9.50. The fourth-order valence-corrected chi connectivity index (χ4v) is 4.19. The minimum Gasteiger partial charge on any atom is -0.493 e. The standard InChI is InChI=1S/C20H28N2O5/c1-25-19-8-7-15(13-20(19)26-2)17(14-22(23)24)16-5-3-4-6-18(16)21-9-11-27-12-10-21/h6-8,13,16-17H,3-5,9-12,14H2,1-2H3/t16-,17+/m1/s1. The highest BCUT2D eigenvalue weighted by atomic mass is 16.6. The smallest absolute Gasteiger partial charge is 0.211 e. The summed E-state index contributed by atoms with van der Waals surface area (Å²) in [6.45, 7) is 3.02. The summed E-state index contributed by atoms with van der Waals surface area (Å²) in [5.74, 6) is 1.17. The number of nitro groups is 1. The number of rotatable bonds is 7. The van der Waals surface area contributed by atoms with Gasteiger partial charge < -0.3 is 19.1 Å². The first-order valence-electron chi connectivity index (χ1n) is 9.50. The third-order valence-electron chi connectivity index (χ3n) is 5.50. The highest BCUT2D eigenvalue weighted by Gasteiger charge is 2.35. The van der Waals surface area contributed by atoms with E-state index in [-0.39, 0.29) is 23.3 Å². The molecule has 1 saturated heterocycles. The van der Waals surface area contributed by atoms with Crippen LogP contribution < -0.4 is 9.47 Å². The molecule has 1 aliphatic carbocycles. The number of ether oxygens (including phenoxy) is 3. The van der Waals surface area contributed by atoms with Crippen molar-refractivity contribution in [3.05, 3.63) is 45.6 Å². The number of benzene rings is 1. The van der Waals surface area contributed by atoms with Gasteiger partial charge in [-0.05, 0) is 37.0 Å². The van der Waals surface area contributed by atoms with Gasteiger partial charge in [-0.25, -0.2) is 0 Å². The van der Waals surface area contributed by atoms with Gasteiger partial charge in [0.2, 0.25) is 6.54 Å². The van der Waals surface area contributed by atoms with Crippen LogP contribution in [-0.4, -0.2) is 56.9 Å². The van der Waals surface area contributed by atoms with Gasteiger partial charge in [0.15, 0.2) is 11.5 Å². The van der Waals surface area contributed by atoms with Gasteiger partial charge in [-0.2, -0.15) is 0 Å². The molecule has 1 aliphatic heterocycles. The lowest BCUT2D eigenvalue weighted by atomic mass is 9.77. The van der Waals surface area contributed by atoms with Crippen molar-refractivity contribution in [3.63, 3.8) is 0 Å². The SMILES string of the molecule is COc1ccc([C@H](C[N+](=O)[O-])[C@H]2CCCC=C2N2CCOCC2)cc1OC. The van der Waals surface area contributed by atoms with Crippen LogP contribution in [0.4, 0.5) is 0 Å². The summed E-state index contributed by atoms with van der Waals surface area (Å²) >= 11 is 0. The van der Waals surface area contributed by atoms with Crippen molar-refractivity contribution in [1.29, 1.82) is 0 Å². The Labute approximate surface area is 160 Å². The summed E-state index contributed by atoms with van der Waals surface area (Å²) in [5, 5.41) is 11.5. The Morgan fingerprint density at radius 2 is 2.00 bits per heavy atom. The molecule has 27 heavy (non-hydrogen) atoms. The van der Waals surface area contributed by atoms with Gasteiger partial charge >= 0.3 is 0 Å². The van der Waals surface area contributed by atoms with Crippen molar-refractivity contribution in [3.8, 4) is 11.5 Å². The average Bonchev–Trinajstić information content (AvgIpc) is 2.72.